The van der Waals surface area contributed by atoms with E-state index in [4.69, 9.17) is 10.5 Å². The normalized spacial score (nSPS) is 16.7. The van der Waals surface area contributed by atoms with Crippen LogP contribution in [0.15, 0.2) is 0 Å². The monoisotopic (exact) mass is 321 g/mol. The summed E-state index contributed by atoms with van der Waals surface area (Å²) in [7, 11) is 1.57. The maximum atomic E-state index is 11.9. The zero-order valence-electron chi connectivity index (χ0n) is 12.8. The Morgan fingerprint density at radius 1 is 1.14 bits per heavy atom. The second kappa shape index (κ2) is 10.8. The molecule has 0 aromatic heterocycles. The number of halogens is 1. The lowest BCUT2D eigenvalue weighted by Crippen LogP contribution is -2.42. The Kier molecular flexibility index (Phi) is 10.4. The van der Waals surface area contributed by atoms with Gasteiger partial charge < -0.3 is 21.1 Å². The number of carbonyl (C=O) groups is 2. The lowest BCUT2D eigenvalue weighted by atomic mass is 9.71. The lowest BCUT2D eigenvalue weighted by molar-refractivity contribution is -0.127. The molecule has 0 aliphatic heterocycles. The van der Waals surface area contributed by atoms with Gasteiger partial charge in [0.05, 0.1) is 13.2 Å². The van der Waals surface area contributed by atoms with E-state index < -0.39 is 0 Å². The van der Waals surface area contributed by atoms with Crippen LogP contribution in [-0.4, -0.2) is 45.2 Å². The number of nitrogens with two attached hydrogens (primary N) is 1. The van der Waals surface area contributed by atoms with Gasteiger partial charge in [-0.25, -0.2) is 0 Å². The predicted molar refractivity (Wildman–Crippen MR) is 84.3 cm³/mol. The fourth-order valence-corrected chi connectivity index (χ4v) is 2.69. The average molecular weight is 322 g/mol. The van der Waals surface area contributed by atoms with Crippen LogP contribution in [0.3, 0.4) is 0 Å². The van der Waals surface area contributed by atoms with Crippen molar-refractivity contribution in [3.05, 3.63) is 0 Å². The number of hydrogen-bond donors (Lipinski definition) is 3. The van der Waals surface area contributed by atoms with Gasteiger partial charge >= 0.3 is 0 Å². The first-order chi connectivity index (χ1) is 9.62. The molecule has 1 saturated carbocycles. The predicted octanol–water partition coefficient (Wildman–Crippen LogP) is 0.586. The highest BCUT2D eigenvalue weighted by Crippen LogP contribution is 2.38. The van der Waals surface area contributed by atoms with E-state index in [1.54, 1.807) is 7.11 Å². The third-order valence-corrected chi connectivity index (χ3v) is 3.96. The third kappa shape index (κ3) is 7.64. The van der Waals surface area contributed by atoms with Crippen molar-refractivity contribution in [2.24, 2.45) is 11.1 Å². The van der Waals surface area contributed by atoms with Gasteiger partial charge in [0, 0.05) is 20.1 Å². The molecule has 0 radical (unpaired) electrons. The number of carbonyl (C=O) groups excluding carboxylic acids is 2. The molecule has 0 spiro atoms. The molecule has 0 atom stereocenters. The van der Waals surface area contributed by atoms with Crippen LogP contribution in [0.1, 0.15) is 38.5 Å². The molecule has 21 heavy (non-hydrogen) atoms. The van der Waals surface area contributed by atoms with Crippen LogP contribution in [0.5, 0.6) is 0 Å². The Morgan fingerprint density at radius 2 is 1.81 bits per heavy atom. The Bertz CT molecular complexity index is 321. The molecule has 1 aliphatic rings. The molecule has 1 fully saturated rings. The largest absolute Gasteiger partial charge is 0.383 e. The fourth-order valence-electron chi connectivity index (χ4n) is 2.69. The van der Waals surface area contributed by atoms with Gasteiger partial charge in [-0.05, 0) is 24.8 Å². The summed E-state index contributed by atoms with van der Waals surface area (Å²) < 4.78 is 4.83. The lowest BCUT2D eigenvalue weighted by Gasteiger charge is -2.35. The number of rotatable bonds is 8. The van der Waals surface area contributed by atoms with E-state index in [0.29, 0.717) is 26.1 Å². The van der Waals surface area contributed by atoms with Crippen molar-refractivity contribution in [3.8, 4) is 0 Å². The molecular weight excluding hydrogens is 294 g/mol. The van der Waals surface area contributed by atoms with Crippen molar-refractivity contribution >= 4 is 24.2 Å². The minimum atomic E-state index is -0.194. The smallest absolute Gasteiger partial charge is 0.239 e. The van der Waals surface area contributed by atoms with Gasteiger partial charge in [0.2, 0.25) is 11.8 Å². The summed E-state index contributed by atoms with van der Waals surface area (Å²) in [5, 5.41) is 5.33. The quantitative estimate of drug-likeness (QED) is 0.570. The molecule has 7 heteroatoms. The number of ether oxygens (including phenoxy) is 1. The molecule has 0 heterocycles. The van der Waals surface area contributed by atoms with Crippen LogP contribution in [-0.2, 0) is 14.3 Å². The molecule has 0 bridgehead atoms. The maximum Gasteiger partial charge on any atom is 0.239 e. The molecule has 4 N–H and O–H groups in total. The molecule has 1 rings (SSSR count). The Morgan fingerprint density at radius 3 is 2.38 bits per heavy atom. The van der Waals surface area contributed by atoms with Crippen molar-refractivity contribution in [3.63, 3.8) is 0 Å². The summed E-state index contributed by atoms with van der Waals surface area (Å²) >= 11 is 0. The van der Waals surface area contributed by atoms with Crippen LogP contribution < -0.4 is 16.4 Å². The molecular formula is C14H28ClN3O3. The highest BCUT2D eigenvalue weighted by atomic mass is 35.5. The molecule has 0 saturated heterocycles. The minimum Gasteiger partial charge on any atom is -0.383 e. The van der Waals surface area contributed by atoms with Crippen LogP contribution >= 0.6 is 12.4 Å². The topological polar surface area (TPSA) is 93.5 Å². The molecule has 6 nitrogen and oxygen atoms in total. The van der Waals surface area contributed by atoms with Gasteiger partial charge in [0.15, 0.2) is 0 Å². The second-order valence-corrected chi connectivity index (χ2v) is 5.56. The second-order valence-electron chi connectivity index (χ2n) is 5.56. The number of amides is 2. The first-order valence-electron chi connectivity index (χ1n) is 7.34. The van der Waals surface area contributed by atoms with Crippen LogP contribution in [0, 0.1) is 5.41 Å². The van der Waals surface area contributed by atoms with Gasteiger partial charge in [0.1, 0.15) is 0 Å². The van der Waals surface area contributed by atoms with E-state index >= 15 is 0 Å². The van der Waals surface area contributed by atoms with E-state index in [0.717, 1.165) is 25.7 Å². The zero-order chi connectivity index (χ0) is 14.8. The molecule has 0 aromatic carbocycles. The summed E-state index contributed by atoms with van der Waals surface area (Å²) in [6.45, 7) is 1.48. The number of nitrogens with one attached hydrogen (secondary N) is 2. The van der Waals surface area contributed by atoms with E-state index in [-0.39, 0.29) is 36.2 Å². The average Bonchev–Trinajstić information content (AvgIpc) is 2.46. The molecule has 1 aliphatic carbocycles. The van der Waals surface area contributed by atoms with Gasteiger partial charge in [0.25, 0.3) is 0 Å². The van der Waals surface area contributed by atoms with Crippen molar-refractivity contribution in [1.82, 2.24) is 10.6 Å². The summed E-state index contributed by atoms with van der Waals surface area (Å²) in [5.74, 6) is -0.278. The van der Waals surface area contributed by atoms with Gasteiger partial charge in [-0.15, -0.1) is 12.4 Å². The van der Waals surface area contributed by atoms with E-state index in [1.165, 1.54) is 6.42 Å². The fraction of sp³-hybridized carbons (Fsp3) is 0.857. The van der Waals surface area contributed by atoms with Gasteiger partial charge in [-0.2, -0.15) is 0 Å². The first kappa shape index (κ1) is 20.1. The number of methoxy groups -OCH3 is 1. The Labute approximate surface area is 133 Å². The highest BCUT2D eigenvalue weighted by molar-refractivity contribution is 5.85. The van der Waals surface area contributed by atoms with E-state index in [2.05, 4.69) is 10.6 Å². The van der Waals surface area contributed by atoms with E-state index in [1.807, 2.05) is 0 Å². The molecule has 124 valence electrons. The third-order valence-electron chi connectivity index (χ3n) is 3.96. The van der Waals surface area contributed by atoms with Gasteiger partial charge in [-0.3, -0.25) is 9.59 Å². The van der Waals surface area contributed by atoms with Crippen LogP contribution in [0.2, 0.25) is 0 Å². The minimum absolute atomic E-state index is 0. The summed E-state index contributed by atoms with van der Waals surface area (Å²) in [6, 6.07) is 0. The summed E-state index contributed by atoms with van der Waals surface area (Å²) in [6.07, 6.45) is 5.96. The SMILES string of the molecule is COCCNC(=O)CNC(=O)CC1(CN)CCCCC1.Cl. The standard InChI is InChI=1S/C14H27N3O3.ClH/c1-20-8-7-16-13(19)10-17-12(18)9-14(11-15)5-3-2-4-6-14;/h2-11,15H2,1H3,(H,16,19)(H,17,18);1H. The van der Waals surface area contributed by atoms with Crippen molar-refractivity contribution < 1.29 is 14.3 Å². The number of hydrogen-bond acceptors (Lipinski definition) is 4. The Balaban J connectivity index is 0.00000400. The summed E-state index contributed by atoms with van der Waals surface area (Å²) in [4.78, 5) is 23.4. The maximum absolute atomic E-state index is 11.9. The van der Waals surface area contributed by atoms with Crippen molar-refractivity contribution in [2.75, 3.05) is 33.4 Å². The van der Waals surface area contributed by atoms with E-state index in [9.17, 15) is 9.59 Å². The highest BCUT2D eigenvalue weighted by Gasteiger charge is 2.32. The van der Waals surface area contributed by atoms with Crippen LogP contribution in [0.25, 0.3) is 0 Å². The van der Waals surface area contributed by atoms with Crippen molar-refractivity contribution in [2.45, 2.75) is 38.5 Å². The van der Waals surface area contributed by atoms with Crippen LogP contribution in [0.4, 0.5) is 0 Å². The van der Waals surface area contributed by atoms with Gasteiger partial charge in [-0.1, -0.05) is 19.3 Å². The Hall–Kier alpha value is -0.850. The first-order valence-corrected chi connectivity index (χ1v) is 7.34. The zero-order valence-corrected chi connectivity index (χ0v) is 13.6. The molecule has 0 aromatic rings. The summed E-state index contributed by atoms with van der Waals surface area (Å²) in [5.41, 5.74) is 5.79. The molecule has 0 unspecified atom stereocenters. The van der Waals surface area contributed by atoms with Crippen molar-refractivity contribution in [1.29, 1.82) is 0 Å². The molecule has 2 amide bonds.